The van der Waals surface area contributed by atoms with Crippen molar-refractivity contribution in [2.24, 2.45) is 0 Å². The fourth-order valence-corrected chi connectivity index (χ4v) is 3.14. The molecule has 9 heteroatoms. The maximum atomic E-state index is 12.0. The molecule has 0 bridgehead atoms. The van der Waals surface area contributed by atoms with Gasteiger partial charge < -0.3 is 10.1 Å². The molecule has 31 heavy (non-hydrogen) atoms. The number of hydrazine groups is 1. The van der Waals surface area contributed by atoms with Gasteiger partial charge in [-0.05, 0) is 35.7 Å². The van der Waals surface area contributed by atoms with Crippen molar-refractivity contribution in [3.8, 4) is 5.75 Å². The molecule has 0 unspecified atom stereocenters. The van der Waals surface area contributed by atoms with Crippen molar-refractivity contribution < 1.29 is 19.1 Å². The van der Waals surface area contributed by atoms with Gasteiger partial charge in [0.15, 0.2) is 6.61 Å². The normalized spacial score (nSPS) is 10.9. The first-order chi connectivity index (χ1) is 14.6. The topological polar surface area (TPSA) is 96.5 Å². The van der Waals surface area contributed by atoms with Gasteiger partial charge in [-0.3, -0.25) is 25.2 Å². The van der Waals surface area contributed by atoms with Gasteiger partial charge in [0.05, 0.1) is 10.7 Å². The second kappa shape index (κ2) is 11.2. The number of halogens is 2. The number of rotatable bonds is 7. The van der Waals surface area contributed by atoms with Gasteiger partial charge in [0.2, 0.25) is 11.8 Å². The van der Waals surface area contributed by atoms with E-state index in [1.165, 1.54) is 0 Å². The van der Waals surface area contributed by atoms with Crippen LogP contribution in [0, 0.1) is 0 Å². The SMILES string of the molecule is CC(C)(C)c1cc(Br)ccc1OCC(=O)NNC(=O)CCC(=O)Nc1ccccc1Cl. The summed E-state index contributed by atoms with van der Waals surface area (Å²) in [6, 6.07) is 12.4. The molecule has 0 aliphatic carbocycles. The maximum absolute atomic E-state index is 12.0. The highest BCUT2D eigenvalue weighted by Crippen LogP contribution is 2.33. The lowest BCUT2D eigenvalue weighted by atomic mass is 9.86. The van der Waals surface area contributed by atoms with E-state index in [2.05, 4.69) is 32.1 Å². The van der Waals surface area contributed by atoms with Crippen molar-refractivity contribution in [3.63, 3.8) is 0 Å². The van der Waals surface area contributed by atoms with E-state index in [0.717, 1.165) is 10.0 Å². The number of anilines is 1. The molecule has 2 rings (SSSR count). The van der Waals surface area contributed by atoms with Crippen LogP contribution in [0.4, 0.5) is 5.69 Å². The van der Waals surface area contributed by atoms with Crippen LogP contribution in [0.5, 0.6) is 5.75 Å². The fourth-order valence-electron chi connectivity index (χ4n) is 2.60. The molecule has 3 amide bonds. The summed E-state index contributed by atoms with van der Waals surface area (Å²) in [6.07, 6.45) is -0.157. The molecule has 0 heterocycles. The van der Waals surface area contributed by atoms with Crippen LogP contribution in [0.3, 0.4) is 0 Å². The van der Waals surface area contributed by atoms with Gasteiger partial charge in [-0.2, -0.15) is 0 Å². The smallest absolute Gasteiger partial charge is 0.276 e. The Labute approximate surface area is 195 Å². The van der Waals surface area contributed by atoms with Crippen LogP contribution in [0.25, 0.3) is 0 Å². The van der Waals surface area contributed by atoms with E-state index in [4.69, 9.17) is 16.3 Å². The first-order valence-electron chi connectivity index (χ1n) is 9.61. The van der Waals surface area contributed by atoms with Crippen molar-refractivity contribution >= 4 is 50.9 Å². The van der Waals surface area contributed by atoms with Gasteiger partial charge in [0, 0.05) is 22.9 Å². The van der Waals surface area contributed by atoms with Gasteiger partial charge >= 0.3 is 0 Å². The monoisotopic (exact) mass is 509 g/mol. The minimum atomic E-state index is -0.517. The van der Waals surface area contributed by atoms with Crippen LogP contribution in [0.15, 0.2) is 46.9 Å². The van der Waals surface area contributed by atoms with Crippen LogP contribution in [0.2, 0.25) is 5.02 Å². The Balaban J connectivity index is 1.75. The number of amides is 3. The lowest BCUT2D eigenvalue weighted by Gasteiger charge is -2.23. The molecule has 0 aromatic heterocycles. The van der Waals surface area contributed by atoms with Crippen molar-refractivity contribution in [1.82, 2.24) is 10.9 Å². The number of benzene rings is 2. The van der Waals surface area contributed by atoms with Crippen molar-refractivity contribution in [2.75, 3.05) is 11.9 Å². The molecule has 0 saturated heterocycles. The standard InChI is InChI=1S/C22H25BrClN3O4/c1-22(2,3)15-12-14(23)8-9-18(15)31-13-21(30)27-26-20(29)11-10-19(28)25-17-7-5-4-6-16(17)24/h4-9,12H,10-11,13H2,1-3H3,(H,25,28)(H,26,29)(H,27,30). The van der Waals surface area contributed by atoms with Gasteiger partial charge in [-0.1, -0.05) is 60.4 Å². The van der Waals surface area contributed by atoms with Crippen LogP contribution >= 0.6 is 27.5 Å². The van der Waals surface area contributed by atoms with Crippen LogP contribution in [-0.4, -0.2) is 24.3 Å². The molecule has 166 valence electrons. The number of nitrogens with one attached hydrogen (secondary N) is 3. The van der Waals surface area contributed by atoms with Gasteiger partial charge in [0.25, 0.3) is 5.91 Å². The van der Waals surface area contributed by atoms with E-state index in [1.807, 2.05) is 32.9 Å². The number of hydrogen-bond donors (Lipinski definition) is 3. The van der Waals surface area contributed by atoms with Gasteiger partial charge in [0.1, 0.15) is 5.75 Å². The van der Waals surface area contributed by atoms with Crippen LogP contribution in [-0.2, 0) is 19.8 Å². The molecule has 0 radical (unpaired) electrons. The zero-order valence-electron chi connectivity index (χ0n) is 17.6. The number of ether oxygens (including phenoxy) is 1. The second-order valence-electron chi connectivity index (χ2n) is 7.80. The second-order valence-corrected chi connectivity index (χ2v) is 9.13. The molecule has 2 aromatic rings. The summed E-state index contributed by atoms with van der Waals surface area (Å²) >= 11 is 9.42. The van der Waals surface area contributed by atoms with Crippen molar-refractivity contribution in [3.05, 3.63) is 57.5 Å². The third-order valence-electron chi connectivity index (χ3n) is 4.18. The van der Waals surface area contributed by atoms with Crippen molar-refractivity contribution in [2.45, 2.75) is 39.0 Å². The first-order valence-corrected chi connectivity index (χ1v) is 10.8. The molecule has 0 aliphatic heterocycles. The van der Waals surface area contributed by atoms with E-state index >= 15 is 0 Å². The lowest BCUT2D eigenvalue weighted by molar-refractivity contribution is -0.130. The van der Waals surface area contributed by atoms with Crippen LogP contribution in [0.1, 0.15) is 39.2 Å². The Morgan fingerprint density at radius 2 is 1.61 bits per heavy atom. The molecule has 7 nitrogen and oxygen atoms in total. The highest BCUT2D eigenvalue weighted by atomic mass is 79.9. The Morgan fingerprint density at radius 1 is 0.968 bits per heavy atom. The van der Waals surface area contributed by atoms with E-state index in [9.17, 15) is 14.4 Å². The molecule has 0 atom stereocenters. The van der Waals surface area contributed by atoms with Crippen molar-refractivity contribution in [1.29, 1.82) is 0 Å². The summed E-state index contributed by atoms with van der Waals surface area (Å²) in [4.78, 5) is 35.8. The zero-order valence-corrected chi connectivity index (χ0v) is 19.9. The van der Waals surface area contributed by atoms with Gasteiger partial charge in [-0.25, -0.2) is 0 Å². The lowest BCUT2D eigenvalue weighted by Crippen LogP contribution is -2.44. The number of carbonyl (C=O) groups is 3. The quantitative estimate of drug-likeness (QED) is 0.483. The Kier molecular flexibility index (Phi) is 8.88. The maximum Gasteiger partial charge on any atom is 0.276 e. The summed E-state index contributed by atoms with van der Waals surface area (Å²) < 4.78 is 6.54. The molecule has 2 aromatic carbocycles. The zero-order chi connectivity index (χ0) is 23.0. The molecule has 0 saturated carbocycles. The summed E-state index contributed by atoms with van der Waals surface area (Å²) in [6.45, 7) is 5.87. The summed E-state index contributed by atoms with van der Waals surface area (Å²) in [5.41, 5.74) is 5.80. The molecule has 3 N–H and O–H groups in total. The molecule has 0 aliphatic rings. The predicted octanol–water partition coefficient (Wildman–Crippen LogP) is 4.35. The minimum Gasteiger partial charge on any atom is -0.483 e. The van der Waals surface area contributed by atoms with E-state index in [0.29, 0.717) is 16.5 Å². The third kappa shape index (κ3) is 8.22. The highest BCUT2D eigenvalue weighted by Gasteiger charge is 2.20. The number of hydrogen-bond acceptors (Lipinski definition) is 4. The first kappa shape index (κ1) is 24.7. The number of carbonyl (C=O) groups excluding carboxylic acids is 3. The van der Waals surface area contributed by atoms with Crippen LogP contribution < -0.4 is 20.9 Å². The largest absolute Gasteiger partial charge is 0.483 e. The Bertz CT molecular complexity index is 960. The van der Waals surface area contributed by atoms with Gasteiger partial charge in [-0.15, -0.1) is 0 Å². The summed E-state index contributed by atoms with van der Waals surface area (Å²) in [5.74, 6) is -0.783. The third-order valence-corrected chi connectivity index (χ3v) is 5.00. The fraction of sp³-hybridized carbons (Fsp3) is 0.318. The highest BCUT2D eigenvalue weighted by molar-refractivity contribution is 9.10. The molecular formula is C22H25BrClN3O4. The molecule has 0 fully saturated rings. The molecule has 0 spiro atoms. The Hall–Kier alpha value is -2.58. The predicted molar refractivity (Wildman–Crippen MR) is 124 cm³/mol. The molecular weight excluding hydrogens is 486 g/mol. The minimum absolute atomic E-state index is 0.0583. The van der Waals surface area contributed by atoms with E-state index < -0.39 is 11.8 Å². The average Bonchev–Trinajstić information content (AvgIpc) is 2.70. The average molecular weight is 511 g/mol. The summed E-state index contributed by atoms with van der Waals surface area (Å²) in [5, 5.41) is 3.04. The van der Waals surface area contributed by atoms with E-state index in [1.54, 1.807) is 30.3 Å². The summed E-state index contributed by atoms with van der Waals surface area (Å²) in [7, 11) is 0. The number of para-hydroxylation sites is 1. The van der Waals surface area contributed by atoms with E-state index in [-0.39, 0.29) is 30.8 Å². The Morgan fingerprint density at radius 3 is 2.29 bits per heavy atom.